The van der Waals surface area contributed by atoms with Crippen molar-refractivity contribution in [2.24, 2.45) is 0 Å². The van der Waals surface area contributed by atoms with Gasteiger partial charge in [-0.2, -0.15) is 24.5 Å². The van der Waals surface area contributed by atoms with Crippen molar-refractivity contribution in [1.82, 2.24) is 5.32 Å². The summed E-state index contributed by atoms with van der Waals surface area (Å²) < 4.78 is 37.9. The van der Waals surface area contributed by atoms with E-state index in [2.05, 4.69) is 5.32 Å². The summed E-state index contributed by atoms with van der Waals surface area (Å²) in [6.45, 7) is 2.14. The van der Waals surface area contributed by atoms with Gasteiger partial charge in [0.2, 0.25) is 0 Å². The highest BCUT2D eigenvalue weighted by Gasteiger charge is 2.30. The molecular weight excluding hydrogens is 299 g/mol. The molecule has 0 saturated carbocycles. The van der Waals surface area contributed by atoms with E-state index in [0.717, 1.165) is 17.7 Å². The second-order valence-corrected chi connectivity index (χ2v) is 5.61. The van der Waals surface area contributed by atoms with E-state index in [1.165, 1.54) is 12.1 Å². The summed E-state index contributed by atoms with van der Waals surface area (Å²) in [7, 11) is 0. The predicted octanol–water partition coefficient (Wildman–Crippen LogP) is 4.15. The molecule has 0 aliphatic carbocycles. The zero-order valence-electron chi connectivity index (χ0n) is 11.4. The summed E-state index contributed by atoms with van der Waals surface area (Å²) in [5.74, 6) is 0. The molecule has 0 bridgehead atoms. The predicted molar refractivity (Wildman–Crippen MR) is 77.1 cm³/mol. The van der Waals surface area contributed by atoms with Gasteiger partial charge in [-0.3, -0.25) is 0 Å². The second-order valence-electron chi connectivity index (χ2n) is 4.83. The van der Waals surface area contributed by atoms with Crippen LogP contribution < -0.4 is 5.32 Å². The summed E-state index contributed by atoms with van der Waals surface area (Å²) in [6, 6.07) is 6.80. The number of rotatable bonds is 5. The molecule has 2 nitrogen and oxygen atoms in total. The maximum atomic E-state index is 12.6. The number of hydrogen-bond donors (Lipinski definition) is 2. The number of aliphatic hydroxyl groups is 1. The highest BCUT2D eigenvalue weighted by atomic mass is 32.1. The Balaban J connectivity index is 1.99. The van der Waals surface area contributed by atoms with Crippen LogP contribution in [0.15, 0.2) is 41.1 Å². The molecule has 114 valence electrons. The quantitative estimate of drug-likeness (QED) is 0.869. The molecule has 2 unspecified atom stereocenters. The number of hydrogen-bond acceptors (Lipinski definition) is 3. The fraction of sp³-hybridized carbons (Fsp3) is 0.333. The molecule has 0 saturated heterocycles. The summed E-state index contributed by atoms with van der Waals surface area (Å²) in [5.41, 5.74) is 0.607. The van der Waals surface area contributed by atoms with Crippen molar-refractivity contribution < 1.29 is 18.3 Å². The maximum absolute atomic E-state index is 12.6. The lowest BCUT2D eigenvalue weighted by atomic mass is 10.0. The third-order valence-corrected chi connectivity index (χ3v) is 3.96. The fourth-order valence-corrected chi connectivity index (χ4v) is 2.72. The first-order chi connectivity index (χ1) is 9.88. The van der Waals surface area contributed by atoms with Crippen molar-refractivity contribution >= 4 is 11.3 Å². The topological polar surface area (TPSA) is 32.3 Å². The molecular formula is C15H16F3NOS. The minimum atomic E-state index is -4.40. The Morgan fingerprint density at radius 1 is 1.24 bits per heavy atom. The Morgan fingerprint density at radius 2 is 2.00 bits per heavy atom. The number of benzene rings is 1. The molecule has 2 aromatic rings. The first kappa shape index (κ1) is 16.0. The Labute approximate surface area is 125 Å². The Kier molecular flexibility index (Phi) is 5.03. The van der Waals surface area contributed by atoms with Crippen molar-refractivity contribution in [3.8, 4) is 0 Å². The van der Waals surface area contributed by atoms with Crippen molar-refractivity contribution in [2.45, 2.75) is 25.2 Å². The van der Waals surface area contributed by atoms with E-state index in [9.17, 15) is 18.3 Å². The molecule has 2 rings (SSSR count). The van der Waals surface area contributed by atoms with Gasteiger partial charge in [0.25, 0.3) is 0 Å². The van der Waals surface area contributed by atoms with Crippen molar-refractivity contribution in [3.05, 3.63) is 57.8 Å². The third kappa shape index (κ3) is 4.30. The summed E-state index contributed by atoms with van der Waals surface area (Å²) in [4.78, 5) is 0. The minimum Gasteiger partial charge on any atom is -0.387 e. The van der Waals surface area contributed by atoms with Gasteiger partial charge in [0, 0.05) is 12.6 Å². The first-order valence-corrected chi connectivity index (χ1v) is 7.43. The third-order valence-electron chi connectivity index (χ3n) is 3.26. The molecule has 0 aliphatic heterocycles. The van der Waals surface area contributed by atoms with E-state index in [0.29, 0.717) is 0 Å². The van der Waals surface area contributed by atoms with E-state index in [-0.39, 0.29) is 18.2 Å². The standard InChI is InChI=1S/C15H16F3NOS/c1-10(12-5-6-21-9-12)19-8-14(20)11-3-2-4-13(7-11)15(16,17)18/h2-7,9-10,14,19-20H,8H2,1H3. The molecule has 1 aromatic carbocycles. The number of aliphatic hydroxyl groups excluding tert-OH is 1. The van der Waals surface area contributed by atoms with Gasteiger partial charge in [-0.25, -0.2) is 0 Å². The number of nitrogens with one attached hydrogen (secondary N) is 1. The first-order valence-electron chi connectivity index (χ1n) is 6.48. The SMILES string of the molecule is CC(NCC(O)c1cccc(C(F)(F)F)c1)c1ccsc1. The van der Waals surface area contributed by atoms with Crippen molar-refractivity contribution in [3.63, 3.8) is 0 Å². The van der Waals surface area contributed by atoms with Crippen molar-refractivity contribution in [2.75, 3.05) is 6.54 Å². The Morgan fingerprint density at radius 3 is 2.62 bits per heavy atom. The van der Waals surface area contributed by atoms with E-state index in [1.807, 2.05) is 23.8 Å². The molecule has 6 heteroatoms. The molecule has 0 radical (unpaired) electrons. The van der Waals surface area contributed by atoms with Gasteiger partial charge < -0.3 is 10.4 Å². The summed E-state index contributed by atoms with van der Waals surface area (Å²) >= 11 is 1.58. The second kappa shape index (κ2) is 6.60. The van der Waals surface area contributed by atoms with Crippen LogP contribution in [0.25, 0.3) is 0 Å². The van der Waals surface area contributed by atoms with Crippen LogP contribution in [-0.4, -0.2) is 11.7 Å². The smallest absolute Gasteiger partial charge is 0.387 e. The lowest BCUT2D eigenvalue weighted by Crippen LogP contribution is -2.24. The van der Waals surface area contributed by atoms with Crippen LogP contribution in [0, 0.1) is 0 Å². The summed E-state index contributed by atoms with van der Waals surface area (Å²) in [6.07, 6.45) is -5.37. The average Bonchev–Trinajstić information content (AvgIpc) is 2.98. The van der Waals surface area contributed by atoms with Gasteiger partial charge in [0.1, 0.15) is 0 Å². The van der Waals surface area contributed by atoms with Gasteiger partial charge in [0.15, 0.2) is 0 Å². The molecule has 1 heterocycles. The molecule has 21 heavy (non-hydrogen) atoms. The molecule has 0 fully saturated rings. The Hall–Kier alpha value is -1.37. The van der Waals surface area contributed by atoms with Crippen LogP contribution in [0.2, 0.25) is 0 Å². The minimum absolute atomic E-state index is 0.0386. The Bertz CT molecular complexity index is 569. The van der Waals surface area contributed by atoms with Gasteiger partial charge >= 0.3 is 6.18 Å². The largest absolute Gasteiger partial charge is 0.416 e. The number of alkyl halides is 3. The molecule has 0 aliphatic rings. The zero-order chi connectivity index (χ0) is 15.5. The van der Waals surface area contributed by atoms with Gasteiger partial charge in [-0.1, -0.05) is 12.1 Å². The molecule has 0 amide bonds. The van der Waals surface area contributed by atoms with Crippen LogP contribution >= 0.6 is 11.3 Å². The maximum Gasteiger partial charge on any atom is 0.416 e. The van der Waals surface area contributed by atoms with Crippen molar-refractivity contribution in [1.29, 1.82) is 0 Å². The normalized spacial score (nSPS) is 14.9. The lowest BCUT2D eigenvalue weighted by molar-refractivity contribution is -0.137. The van der Waals surface area contributed by atoms with E-state index < -0.39 is 17.8 Å². The van der Waals surface area contributed by atoms with Gasteiger partial charge in [-0.05, 0) is 47.0 Å². The van der Waals surface area contributed by atoms with Gasteiger partial charge in [-0.15, -0.1) is 0 Å². The van der Waals surface area contributed by atoms with Crippen LogP contribution in [0.5, 0.6) is 0 Å². The highest BCUT2D eigenvalue weighted by molar-refractivity contribution is 7.07. The highest BCUT2D eigenvalue weighted by Crippen LogP contribution is 2.30. The molecule has 2 atom stereocenters. The van der Waals surface area contributed by atoms with Crippen LogP contribution in [0.4, 0.5) is 13.2 Å². The van der Waals surface area contributed by atoms with E-state index >= 15 is 0 Å². The molecule has 1 aromatic heterocycles. The lowest BCUT2D eigenvalue weighted by Gasteiger charge is -2.17. The monoisotopic (exact) mass is 315 g/mol. The van der Waals surface area contributed by atoms with E-state index in [1.54, 1.807) is 11.3 Å². The fourth-order valence-electron chi connectivity index (χ4n) is 1.97. The molecule has 2 N–H and O–H groups in total. The van der Waals surface area contributed by atoms with Crippen LogP contribution in [0.3, 0.4) is 0 Å². The summed E-state index contributed by atoms with van der Waals surface area (Å²) in [5, 5.41) is 17.1. The van der Waals surface area contributed by atoms with E-state index in [4.69, 9.17) is 0 Å². The van der Waals surface area contributed by atoms with Crippen LogP contribution in [0.1, 0.15) is 35.8 Å². The number of halogens is 3. The van der Waals surface area contributed by atoms with Crippen LogP contribution in [-0.2, 0) is 6.18 Å². The number of thiophene rings is 1. The van der Waals surface area contributed by atoms with Gasteiger partial charge in [0.05, 0.1) is 11.7 Å². The average molecular weight is 315 g/mol. The molecule has 0 spiro atoms. The zero-order valence-corrected chi connectivity index (χ0v) is 12.2.